The second-order valence-corrected chi connectivity index (χ2v) is 4.94. The molecular weight excluding hydrogens is 231 g/mol. The van der Waals surface area contributed by atoms with Crippen molar-refractivity contribution in [2.75, 3.05) is 13.1 Å². The molecule has 0 aromatic carbocycles. The maximum Gasteiger partial charge on any atom is 0.389 e. The number of carbonyl (C=O) groups is 1. The third-order valence-corrected chi connectivity index (χ3v) is 3.38. The Labute approximate surface area is 100.0 Å². The molecule has 100 valence electrons. The first-order valence-electron chi connectivity index (χ1n) is 6.17. The van der Waals surface area contributed by atoms with E-state index in [4.69, 9.17) is 0 Å². The largest absolute Gasteiger partial charge is 0.389 e. The fourth-order valence-corrected chi connectivity index (χ4v) is 2.27. The lowest BCUT2D eigenvalue weighted by Gasteiger charge is -2.28. The van der Waals surface area contributed by atoms with Crippen LogP contribution in [0.15, 0.2) is 0 Å². The monoisotopic (exact) mass is 251 g/mol. The maximum absolute atomic E-state index is 11.9. The summed E-state index contributed by atoms with van der Waals surface area (Å²) in [6.45, 7) is 3.85. The summed E-state index contributed by atoms with van der Waals surface area (Å²) >= 11 is 0. The number of carbonyl (C=O) groups excluding carboxylic acids is 1. The quantitative estimate of drug-likeness (QED) is 0.814. The molecule has 2 atom stereocenters. The van der Waals surface area contributed by atoms with Crippen molar-refractivity contribution in [3.63, 3.8) is 0 Å². The van der Waals surface area contributed by atoms with Gasteiger partial charge in [0.2, 0.25) is 0 Å². The van der Waals surface area contributed by atoms with Gasteiger partial charge in [-0.15, -0.1) is 0 Å². The predicted molar refractivity (Wildman–Crippen MR) is 59.7 cm³/mol. The lowest BCUT2D eigenvalue weighted by molar-refractivity contribution is -0.143. The molecule has 0 aliphatic carbocycles. The minimum atomic E-state index is -4.22. The average Bonchev–Trinajstić information content (AvgIpc) is 2.27. The van der Waals surface area contributed by atoms with Crippen molar-refractivity contribution in [3.05, 3.63) is 0 Å². The highest BCUT2D eigenvalue weighted by atomic mass is 19.4. The van der Waals surface area contributed by atoms with E-state index in [9.17, 15) is 18.0 Å². The van der Waals surface area contributed by atoms with Gasteiger partial charge in [0.1, 0.15) is 5.78 Å². The third kappa shape index (κ3) is 6.05. The van der Waals surface area contributed by atoms with Crippen LogP contribution in [0.1, 0.15) is 39.0 Å². The molecule has 17 heavy (non-hydrogen) atoms. The van der Waals surface area contributed by atoms with Gasteiger partial charge in [0.05, 0.1) is 6.42 Å². The number of rotatable bonds is 5. The van der Waals surface area contributed by atoms with Crippen molar-refractivity contribution >= 4 is 5.78 Å². The molecule has 0 saturated carbocycles. The number of Topliss-reactive ketones (excluding diaryl/α,β-unsaturated/α-hetero) is 1. The first-order chi connectivity index (χ1) is 7.88. The van der Waals surface area contributed by atoms with E-state index < -0.39 is 12.6 Å². The summed E-state index contributed by atoms with van der Waals surface area (Å²) in [6, 6.07) is 0. The molecule has 1 rings (SSSR count). The van der Waals surface area contributed by atoms with Crippen LogP contribution in [0.3, 0.4) is 0 Å². The van der Waals surface area contributed by atoms with E-state index in [1.54, 1.807) is 0 Å². The van der Waals surface area contributed by atoms with Crippen LogP contribution in [-0.4, -0.2) is 25.0 Å². The summed E-state index contributed by atoms with van der Waals surface area (Å²) in [6.07, 6.45) is -3.13. The van der Waals surface area contributed by atoms with Crippen molar-refractivity contribution in [2.24, 2.45) is 11.8 Å². The van der Waals surface area contributed by atoms with Gasteiger partial charge in [-0.3, -0.25) is 4.79 Å². The highest BCUT2D eigenvalue weighted by Gasteiger charge is 2.29. The minimum Gasteiger partial charge on any atom is -0.316 e. The first-order valence-corrected chi connectivity index (χ1v) is 6.17. The normalized spacial score (nSPS) is 23.4. The molecule has 1 aliphatic rings. The van der Waals surface area contributed by atoms with Gasteiger partial charge in [0, 0.05) is 12.8 Å². The smallest absolute Gasteiger partial charge is 0.316 e. The van der Waals surface area contributed by atoms with Crippen LogP contribution in [0.25, 0.3) is 0 Å². The van der Waals surface area contributed by atoms with Gasteiger partial charge in [-0.25, -0.2) is 0 Å². The molecule has 1 saturated heterocycles. The number of piperidine rings is 1. The maximum atomic E-state index is 11.9. The second-order valence-electron chi connectivity index (χ2n) is 4.94. The van der Waals surface area contributed by atoms with E-state index in [-0.39, 0.29) is 24.5 Å². The zero-order chi connectivity index (χ0) is 12.9. The lowest BCUT2D eigenvalue weighted by Crippen LogP contribution is -2.34. The molecule has 1 aliphatic heterocycles. The molecule has 1 N–H and O–H groups in total. The zero-order valence-corrected chi connectivity index (χ0v) is 10.1. The molecule has 0 spiro atoms. The van der Waals surface area contributed by atoms with E-state index in [1.165, 1.54) is 0 Å². The third-order valence-electron chi connectivity index (χ3n) is 3.38. The number of hydrogen-bond donors (Lipinski definition) is 1. The standard InChI is InChI=1S/C12H20F3NO/c1-9(10-3-2-6-16-8-10)7-11(17)4-5-12(13,14)15/h9-10,16H,2-8H2,1H3. The number of alkyl halides is 3. The Hall–Kier alpha value is -0.580. The van der Waals surface area contributed by atoms with E-state index in [2.05, 4.69) is 5.32 Å². The van der Waals surface area contributed by atoms with Gasteiger partial charge in [0.25, 0.3) is 0 Å². The summed E-state index contributed by atoms with van der Waals surface area (Å²) < 4.78 is 35.8. The molecule has 0 bridgehead atoms. The van der Waals surface area contributed by atoms with E-state index in [1.807, 2.05) is 6.92 Å². The number of hydrogen-bond acceptors (Lipinski definition) is 2. The van der Waals surface area contributed by atoms with Crippen molar-refractivity contribution in [1.29, 1.82) is 0 Å². The van der Waals surface area contributed by atoms with Crippen LogP contribution in [0.5, 0.6) is 0 Å². The Kier molecular flexibility index (Phi) is 5.43. The van der Waals surface area contributed by atoms with Crippen LogP contribution >= 0.6 is 0 Å². The van der Waals surface area contributed by atoms with Gasteiger partial charge in [0.15, 0.2) is 0 Å². The Morgan fingerprint density at radius 3 is 2.71 bits per heavy atom. The van der Waals surface area contributed by atoms with Crippen LogP contribution in [0.2, 0.25) is 0 Å². The minimum absolute atomic E-state index is 0.184. The van der Waals surface area contributed by atoms with E-state index in [0.717, 1.165) is 25.9 Å². The van der Waals surface area contributed by atoms with Crippen molar-refractivity contribution in [3.8, 4) is 0 Å². The Bertz CT molecular complexity index is 247. The van der Waals surface area contributed by atoms with E-state index in [0.29, 0.717) is 5.92 Å². The Morgan fingerprint density at radius 2 is 2.18 bits per heavy atom. The van der Waals surface area contributed by atoms with E-state index >= 15 is 0 Å². The van der Waals surface area contributed by atoms with Crippen LogP contribution < -0.4 is 5.32 Å². The van der Waals surface area contributed by atoms with Gasteiger partial charge >= 0.3 is 6.18 Å². The van der Waals surface area contributed by atoms with Gasteiger partial charge in [-0.2, -0.15) is 13.2 Å². The van der Waals surface area contributed by atoms with Crippen molar-refractivity contribution < 1.29 is 18.0 Å². The molecule has 1 heterocycles. The first kappa shape index (κ1) is 14.5. The lowest BCUT2D eigenvalue weighted by atomic mass is 9.84. The summed E-state index contributed by atoms with van der Waals surface area (Å²) in [4.78, 5) is 11.4. The second kappa shape index (κ2) is 6.38. The molecule has 0 aromatic heterocycles. The molecule has 0 radical (unpaired) electrons. The molecule has 2 unspecified atom stereocenters. The molecule has 2 nitrogen and oxygen atoms in total. The molecular formula is C12H20F3NO. The summed E-state index contributed by atoms with van der Waals surface area (Å²) in [5.41, 5.74) is 0. The molecule has 5 heteroatoms. The fourth-order valence-electron chi connectivity index (χ4n) is 2.27. The highest BCUT2D eigenvalue weighted by molar-refractivity contribution is 5.78. The predicted octanol–water partition coefficient (Wildman–Crippen LogP) is 2.92. The van der Waals surface area contributed by atoms with Gasteiger partial charge in [-0.05, 0) is 37.8 Å². The fraction of sp³-hybridized carbons (Fsp3) is 0.917. The molecule has 1 fully saturated rings. The highest BCUT2D eigenvalue weighted by Crippen LogP contribution is 2.25. The number of halogens is 3. The van der Waals surface area contributed by atoms with Crippen LogP contribution in [-0.2, 0) is 4.79 Å². The van der Waals surface area contributed by atoms with Gasteiger partial charge in [-0.1, -0.05) is 6.92 Å². The Morgan fingerprint density at radius 1 is 1.47 bits per heavy atom. The van der Waals surface area contributed by atoms with Crippen molar-refractivity contribution in [1.82, 2.24) is 5.32 Å². The average molecular weight is 251 g/mol. The Balaban J connectivity index is 2.25. The topological polar surface area (TPSA) is 29.1 Å². The van der Waals surface area contributed by atoms with Crippen molar-refractivity contribution in [2.45, 2.75) is 45.2 Å². The number of nitrogens with one attached hydrogen (secondary N) is 1. The summed E-state index contributed by atoms with van der Waals surface area (Å²) in [5.74, 6) is 0.350. The zero-order valence-electron chi connectivity index (χ0n) is 10.1. The van der Waals surface area contributed by atoms with Gasteiger partial charge < -0.3 is 5.32 Å². The van der Waals surface area contributed by atoms with Crippen LogP contribution in [0, 0.1) is 11.8 Å². The molecule has 0 amide bonds. The summed E-state index contributed by atoms with van der Waals surface area (Å²) in [7, 11) is 0. The summed E-state index contributed by atoms with van der Waals surface area (Å²) in [5, 5.41) is 3.25. The number of ketones is 1. The SMILES string of the molecule is CC(CC(=O)CCC(F)(F)F)C1CCCNC1. The molecule has 0 aromatic rings. The van der Waals surface area contributed by atoms with Crippen LogP contribution in [0.4, 0.5) is 13.2 Å².